The van der Waals surface area contributed by atoms with Gasteiger partial charge in [-0.25, -0.2) is 0 Å². The van der Waals surface area contributed by atoms with Crippen molar-refractivity contribution in [3.63, 3.8) is 0 Å². The molecule has 0 aliphatic rings. The van der Waals surface area contributed by atoms with Crippen LogP contribution >= 0.6 is 11.3 Å². The molecule has 0 bridgehead atoms. The predicted molar refractivity (Wildman–Crippen MR) is 59.5 cm³/mol. The van der Waals surface area contributed by atoms with Gasteiger partial charge in [-0.1, -0.05) is 0 Å². The summed E-state index contributed by atoms with van der Waals surface area (Å²) in [7, 11) is 0. The molecule has 3 rings (SSSR count). The lowest BCUT2D eigenvalue weighted by molar-refractivity contribution is 0.942. The molecule has 4 nitrogen and oxygen atoms in total. The summed E-state index contributed by atoms with van der Waals surface area (Å²) in [5.74, 6) is 0. The lowest BCUT2D eigenvalue weighted by Gasteiger charge is -1.96. The molecular formula is C10H8N4S. The van der Waals surface area contributed by atoms with E-state index in [1.807, 2.05) is 18.3 Å². The van der Waals surface area contributed by atoms with Crippen LogP contribution in [-0.4, -0.2) is 20.4 Å². The van der Waals surface area contributed by atoms with Crippen molar-refractivity contribution < 1.29 is 0 Å². The minimum absolute atomic E-state index is 0.884. The summed E-state index contributed by atoms with van der Waals surface area (Å²) in [6, 6.07) is 6.12. The van der Waals surface area contributed by atoms with Crippen molar-refractivity contribution in [2.24, 2.45) is 0 Å². The van der Waals surface area contributed by atoms with E-state index in [-0.39, 0.29) is 0 Å². The highest BCUT2D eigenvalue weighted by molar-refractivity contribution is 7.14. The molecule has 0 amide bonds. The SMILES string of the molecule is c1c[nH]c(-c2ccsc2-c2cn[nH]n2)c1. The quantitative estimate of drug-likeness (QED) is 0.691. The summed E-state index contributed by atoms with van der Waals surface area (Å²) in [5, 5.41) is 12.6. The van der Waals surface area contributed by atoms with Crippen LogP contribution in [0.25, 0.3) is 21.8 Å². The number of nitrogens with zero attached hydrogens (tertiary/aromatic N) is 2. The Hall–Kier alpha value is -1.88. The zero-order chi connectivity index (χ0) is 10.1. The molecule has 15 heavy (non-hydrogen) atoms. The number of aromatic nitrogens is 4. The number of nitrogens with one attached hydrogen (secondary N) is 2. The molecule has 0 saturated heterocycles. The molecule has 0 atom stereocenters. The first-order chi connectivity index (χ1) is 7.45. The Balaban J connectivity index is 2.15. The maximum Gasteiger partial charge on any atom is 0.123 e. The second-order valence-corrected chi connectivity index (χ2v) is 4.02. The largest absolute Gasteiger partial charge is 0.361 e. The first-order valence-corrected chi connectivity index (χ1v) is 5.40. The summed E-state index contributed by atoms with van der Waals surface area (Å²) >= 11 is 1.66. The van der Waals surface area contributed by atoms with Crippen molar-refractivity contribution in [2.75, 3.05) is 0 Å². The highest BCUT2D eigenvalue weighted by Gasteiger charge is 2.11. The number of hydrogen-bond donors (Lipinski definition) is 2. The van der Waals surface area contributed by atoms with Crippen molar-refractivity contribution >= 4 is 11.3 Å². The molecule has 0 radical (unpaired) electrons. The molecule has 3 heterocycles. The van der Waals surface area contributed by atoms with Crippen LogP contribution < -0.4 is 0 Å². The third-order valence-corrected chi connectivity index (χ3v) is 3.14. The van der Waals surface area contributed by atoms with Crippen molar-refractivity contribution in [1.82, 2.24) is 20.4 Å². The van der Waals surface area contributed by atoms with Gasteiger partial charge in [0.2, 0.25) is 0 Å². The van der Waals surface area contributed by atoms with Crippen LogP contribution in [0.3, 0.4) is 0 Å². The topological polar surface area (TPSA) is 57.4 Å². The van der Waals surface area contributed by atoms with Crippen molar-refractivity contribution in [2.45, 2.75) is 0 Å². The molecule has 3 aromatic heterocycles. The molecule has 0 fully saturated rings. The van der Waals surface area contributed by atoms with Gasteiger partial charge in [0, 0.05) is 17.5 Å². The van der Waals surface area contributed by atoms with Gasteiger partial charge in [0.25, 0.3) is 0 Å². The third kappa shape index (κ3) is 1.37. The van der Waals surface area contributed by atoms with Gasteiger partial charge in [-0.05, 0) is 23.6 Å². The van der Waals surface area contributed by atoms with E-state index >= 15 is 0 Å². The molecule has 5 heteroatoms. The summed E-state index contributed by atoms with van der Waals surface area (Å²) in [5.41, 5.74) is 3.16. The Bertz CT molecular complexity index is 487. The van der Waals surface area contributed by atoms with Gasteiger partial charge in [-0.15, -0.1) is 11.3 Å². The van der Waals surface area contributed by atoms with Crippen LogP contribution in [0.1, 0.15) is 0 Å². The van der Waals surface area contributed by atoms with Crippen LogP contribution in [-0.2, 0) is 0 Å². The average molecular weight is 216 g/mol. The minimum atomic E-state index is 0.884. The standard InChI is InChI=1S/C10H8N4S/c1-2-8(11-4-1)7-3-5-15-10(7)9-6-12-14-13-9/h1-6,11H,(H,12,13,14). The fourth-order valence-electron chi connectivity index (χ4n) is 1.53. The van der Waals surface area contributed by atoms with E-state index in [0.717, 1.165) is 16.3 Å². The number of rotatable bonds is 2. The molecule has 0 aliphatic heterocycles. The molecule has 0 spiro atoms. The number of H-pyrrole nitrogens is 2. The Labute approximate surface area is 90.0 Å². The zero-order valence-corrected chi connectivity index (χ0v) is 8.58. The molecule has 0 unspecified atom stereocenters. The first kappa shape index (κ1) is 8.43. The van der Waals surface area contributed by atoms with Crippen molar-refractivity contribution in [3.05, 3.63) is 36.0 Å². The van der Waals surface area contributed by atoms with Crippen LogP contribution in [0.5, 0.6) is 0 Å². The summed E-state index contributed by atoms with van der Waals surface area (Å²) in [4.78, 5) is 4.32. The maximum atomic E-state index is 4.09. The van der Waals surface area contributed by atoms with Gasteiger partial charge in [0.1, 0.15) is 5.69 Å². The van der Waals surface area contributed by atoms with E-state index in [0.29, 0.717) is 0 Å². The Morgan fingerprint density at radius 1 is 1.27 bits per heavy atom. The molecule has 0 aliphatic carbocycles. The Kier molecular flexibility index (Phi) is 1.89. The minimum Gasteiger partial charge on any atom is -0.361 e. The average Bonchev–Trinajstić information content (AvgIpc) is 3.01. The summed E-state index contributed by atoms with van der Waals surface area (Å²) in [6.07, 6.45) is 3.65. The second-order valence-electron chi connectivity index (χ2n) is 3.10. The van der Waals surface area contributed by atoms with E-state index < -0.39 is 0 Å². The fraction of sp³-hybridized carbons (Fsp3) is 0. The number of aromatic amines is 2. The Morgan fingerprint density at radius 3 is 3.00 bits per heavy atom. The third-order valence-electron chi connectivity index (χ3n) is 2.20. The zero-order valence-electron chi connectivity index (χ0n) is 7.77. The summed E-state index contributed by atoms with van der Waals surface area (Å²) < 4.78 is 0. The van der Waals surface area contributed by atoms with Crippen LogP contribution in [0.15, 0.2) is 36.0 Å². The van der Waals surface area contributed by atoms with E-state index in [1.54, 1.807) is 17.5 Å². The maximum absolute atomic E-state index is 4.09. The van der Waals surface area contributed by atoms with Gasteiger partial charge in [-0.3, -0.25) is 0 Å². The number of thiophene rings is 1. The highest BCUT2D eigenvalue weighted by Crippen LogP contribution is 2.34. The summed E-state index contributed by atoms with van der Waals surface area (Å²) in [6.45, 7) is 0. The number of hydrogen-bond acceptors (Lipinski definition) is 3. The van der Waals surface area contributed by atoms with Gasteiger partial charge in [0.05, 0.1) is 11.1 Å². The van der Waals surface area contributed by atoms with E-state index in [9.17, 15) is 0 Å². The predicted octanol–water partition coefficient (Wildman–Crippen LogP) is 2.53. The van der Waals surface area contributed by atoms with Gasteiger partial charge in [-0.2, -0.15) is 15.4 Å². The monoisotopic (exact) mass is 216 g/mol. The van der Waals surface area contributed by atoms with Crippen LogP contribution in [0, 0.1) is 0 Å². The molecule has 0 saturated carbocycles. The fourth-order valence-corrected chi connectivity index (χ4v) is 2.39. The van der Waals surface area contributed by atoms with Crippen LogP contribution in [0.4, 0.5) is 0 Å². The lowest BCUT2D eigenvalue weighted by atomic mass is 10.1. The van der Waals surface area contributed by atoms with E-state index in [4.69, 9.17) is 0 Å². The lowest BCUT2D eigenvalue weighted by Crippen LogP contribution is -1.78. The van der Waals surface area contributed by atoms with Gasteiger partial charge >= 0.3 is 0 Å². The molecule has 3 aromatic rings. The highest BCUT2D eigenvalue weighted by atomic mass is 32.1. The van der Waals surface area contributed by atoms with Crippen LogP contribution in [0.2, 0.25) is 0 Å². The smallest absolute Gasteiger partial charge is 0.123 e. The second kappa shape index (κ2) is 3.36. The van der Waals surface area contributed by atoms with Gasteiger partial charge < -0.3 is 4.98 Å². The molecule has 74 valence electrons. The normalized spacial score (nSPS) is 10.7. The first-order valence-electron chi connectivity index (χ1n) is 4.52. The Morgan fingerprint density at radius 2 is 2.27 bits per heavy atom. The van der Waals surface area contributed by atoms with E-state index in [2.05, 4.69) is 31.8 Å². The molecule has 0 aromatic carbocycles. The molecular weight excluding hydrogens is 208 g/mol. The van der Waals surface area contributed by atoms with Gasteiger partial charge in [0.15, 0.2) is 0 Å². The van der Waals surface area contributed by atoms with E-state index in [1.165, 1.54) is 5.56 Å². The van der Waals surface area contributed by atoms with Crippen molar-refractivity contribution in [1.29, 1.82) is 0 Å². The van der Waals surface area contributed by atoms with Crippen molar-refractivity contribution in [3.8, 4) is 21.8 Å². The molecule has 2 N–H and O–H groups in total.